The van der Waals surface area contributed by atoms with E-state index >= 15 is 0 Å². The normalized spacial score (nSPS) is 11.2. The molecule has 0 spiro atoms. The third-order valence-corrected chi connectivity index (χ3v) is 4.38. The molecule has 25 heavy (non-hydrogen) atoms. The van der Waals surface area contributed by atoms with E-state index in [1.54, 1.807) is 0 Å². The number of aromatic nitrogens is 3. The van der Waals surface area contributed by atoms with Gasteiger partial charge in [-0.1, -0.05) is 24.3 Å². The Morgan fingerprint density at radius 2 is 1.92 bits per heavy atom. The summed E-state index contributed by atoms with van der Waals surface area (Å²) in [6.45, 7) is 1.29. The fourth-order valence-corrected chi connectivity index (χ4v) is 3.08. The molecule has 1 aromatic carbocycles. The Morgan fingerprint density at radius 1 is 1.04 bits per heavy atom. The van der Waals surface area contributed by atoms with E-state index in [2.05, 4.69) is 33.1 Å². The number of amides is 1. The smallest absolute Gasteiger partial charge is 0.221 e. The predicted molar refractivity (Wildman–Crippen MR) is 98.5 cm³/mol. The molecule has 1 amide bonds. The van der Waals surface area contributed by atoms with Crippen molar-refractivity contribution in [3.05, 3.63) is 72.8 Å². The number of imidazole rings is 1. The number of rotatable bonds is 6. The lowest BCUT2D eigenvalue weighted by Crippen LogP contribution is -2.26. The van der Waals surface area contributed by atoms with Crippen LogP contribution in [-0.4, -0.2) is 26.4 Å². The molecule has 0 radical (unpaired) electrons. The van der Waals surface area contributed by atoms with E-state index in [4.69, 9.17) is 0 Å². The molecule has 3 aromatic heterocycles. The SMILES string of the molecule is O=C(CCn1ccc2ccccc21)NCCc1cn2ccccc2n1. The molecule has 126 valence electrons. The van der Waals surface area contributed by atoms with E-state index in [1.165, 1.54) is 10.9 Å². The van der Waals surface area contributed by atoms with E-state index < -0.39 is 0 Å². The second kappa shape index (κ2) is 6.81. The molecule has 0 atom stereocenters. The van der Waals surface area contributed by atoms with E-state index in [0.29, 0.717) is 19.5 Å². The van der Waals surface area contributed by atoms with Gasteiger partial charge in [0.25, 0.3) is 0 Å². The van der Waals surface area contributed by atoms with Crippen LogP contribution in [0.25, 0.3) is 16.6 Å². The minimum Gasteiger partial charge on any atom is -0.356 e. The van der Waals surface area contributed by atoms with Crippen LogP contribution in [0.5, 0.6) is 0 Å². The molecule has 4 rings (SSSR count). The summed E-state index contributed by atoms with van der Waals surface area (Å²) in [7, 11) is 0. The largest absolute Gasteiger partial charge is 0.356 e. The van der Waals surface area contributed by atoms with E-state index in [0.717, 1.165) is 17.8 Å². The number of nitrogens with zero attached hydrogens (tertiary/aromatic N) is 3. The van der Waals surface area contributed by atoms with Gasteiger partial charge in [0, 0.05) is 50.0 Å². The number of benzene rings is 1. The quantitative estimate of drug-likeness (QED) is 0.590. The summed E-state index contributed by atoms with van der Waals surface area (Å²) in [4.78, 5) is 16.6. The maximum Gasteiger partial charge on any atom is 0.221 e. The fourth-order valence-electron chi connectivity index (χ4n) is 3.08. The summed E-state index contributed by atoms with van der Waals surface area (Å²) in [5.74, 6) is 0.0709. The number of para-hydroxylation sites is 1. The molecule has 3 heterocycles. The van der Waals surface area contributed by atoms with Crippen molar-refractivity contribution in [2.24, 2.45) is 0 Å². The molecule has 0 aliphatic rings. The Kier molecular flexibility index (Phi) is 4.21. The van der Waals surface area contributed by atoms with Gasteiger partial charge < -0.3 is 14.3 Å². The van der Waals surface area contributed by atoms with Crippen molar-refractivity contribution in [3.8, 4) is 0 Å². The van der Waals surface area contributed by atoms with Crippen molar-refractivity contribution in [3.63, 3.8) is 0 Å². The maximum atomic E-state index is 12.1. The second-order valence-corrected chi connectivity index (χ2v) is 6.12. The standard InChI is InChI=1S/C20H20N4O/c25-20(10-14-23-13-9-16-5-1-2-6-18(16)23)21-11-8-17-15-24-12-4-3-7-19(24)22-17/h1-7,9,12-13,15H,8,10-11,14H2,(H,21,25). The Morgan fingerprint density at radius 3 is 2.84 bits per heavy atom. The number of hydrogen-bond acceptors (Lipinski definition) is 2. The molecule has 1 N–H and O–H groups in total. The zero-order valence-electron chi connectivity index (χ0n) is 13.9. The molecular weight excluding hydrogens is 312 g/mol. The Balaban J connectivity index is 1.27. The molecule has 0 aliphatic carbocycles. The van der Waals surface area contributed by atoms with Gasteiger partial charge in [-0.15, -0.1) is 0 Å². The van der Waals surface area contributed by atoms with Gasteiger partial charge in [-0.3, -0.25) is 4.79 Å². The van der Waals surface area contributed by atoms with Crippen LogP contribution in [0, 0.1) is 0 Å². The zero-order valence-corrected chi connectivity index (χ0v) is 13.9. The van der Waals surface area contributed by atoms with Crippen molar-refractivity contribution in [1.29, 1.82) is 0 Å². The average molecular weight is 332 g/mol. The molecule has 0 saturated heterocycles. The number of hydrogen-bond donors (Lipinski definition) is 1. The number of carbonyl (C=O) groups excluding carboxylic acids is 1. The Labute approximate surface area is 145 Å². The third-order valence-electron chi connectivity index (χ3n) is 4.38. The highest BCUT2D eigenvalue weighted by Gasteiger charge is 2.05. The van der Waals surface area contributed by atoms with Gasteiger partial charge in [0.2, 0.25) is 5.91 Å². The van der Waals surface area contributed by atoms with Gasteiger partial charge in [0.1, 0.15) is 5.65 Å². The first-order valence-electron chi connectivity index (χ1n) is 8.53. The van der Waals surface area contributed by atoms with Crippen LogP contribution in [0.3, 0.4) is 0 Å². The van der Waals surface area contributed by atoms with Crippen LogP contribution < -0.4 is 5.32 Å². The lowest BCUT2D eigenvalue weighted by Gasteiger charge is -2.06. The molecule has 5 nitrogen and oxygen atoms in total. The van der Waals surface area contributed by atoms with Crippen LogP contribution >= 0.6 is 0 Å². The lowest BCUT2D eigenvalue weighted by molar-refractivity contribution is -0.121. The zero-order chi connectivity index (χ0) is 17.1. The second-order valence-electron chi connectivity index (χ2n) is 6.12. The summed E-state index contributed by atoms with van der Waals surface area (Å²) < 4.78 is 4.12. The molecule has 0 aliphatic heterocycles. The van der Waals surface area contributed by atoms with Crippen LogP contribution in [-0.2, 0) is 17.8 Å². The Hall–Kier alpha value is -3.08. The van der Waals surface area contributed by atoms with Gasteiger partial charge >= 0.3 is 0 Å². The van der Waals surface area contributed by atoms with Gasteiger partial charge in [-0.05, 0) is 29.7 Å². The minimum absolute atomic E-state index is 0.0709. The summed E-state index contributed by atoms with van der Waals surface area (Å²) in [5.41, 5.74) is 3.09. The number of carbonyl (C=O) groups is 1. The van der Waals surface area contributed by atoms with Gasteiger partial charge in [0.05, 0.1) is 5.69 Å². The first-order chi connectivity index (χ1) is 12.3. The number of nitrogens with one attached hydrogen (secondary N) is 1. The van der Waals surface area contributed by atoms with Crippen molar-refractivity contribution in [2.75, 3.05) is 6.54 Å². The van der Waals surface area contributed by atoms with Crippen LogP contribution in [0.15, 0.2) is 67.1 Å². The molecular formula is C20H20N4O. The minimum atomic E-state index is 0.0709. The van der Waals surface area contributed by atoms with Crippen molar-refractivity contribution >= 4 is 22.5 Å². The molecule has 0 fully saturated rings. The van der Waals surface area contributed by atoms with Crippen LogP contribution in [0.4, 0.5) is 0 Å². The molecule has 0 bridgehead atoms. The highest BCUT2D eigenvalue weighted by Crippen LogP contribution is 2.15. The van der Waals surface area contributed by atoms with Crippen LogP contribution in [0.1, 0.15) is 12.1 Å². The highest BCUT2D eigenvalue weighted by molar-refractivity contribution is 5.80. The van der Waals surface area contributed by atoms with E-state index in [9.17, 15) is 4.79 Å². The van der Waals surface area contributed by atoms with Crippen molar-refractivity contribution in [2.45, 2.75) is 19.4 Å². The maximum absolute atomic E-state index is 12.1. The number of fused-ring (bicyclic) bond motifs is 2. The van der Waals surface area contributed by atoms with Gasteiger partial charge in [0.15, 0.2) is 0 Å². The predicted octanol–water partition coefficient (Wildman–Crippen LogP) is 3.04. The first-order valence-corrected chi connectivity index (χ1v) is 8.53. The topological polar surface area (TPSA) is 51.3 Å². The third kappa shape index (κ3) is 3.40. The highest BCUT2D eigenvalue weighted by atomic mass is 16.1. The van der Waals surface area contributed by atoms with Gasteiger partial charge in [-0.2, -0.15) is 0 Å². The molecule has 0 saturated carbocycles. The summed E-state index contributed by atoms with van der Waals surface area (Å²) in [6.07, 6.45) is 7.23. The van der Waals surface area contributed by atoms with Crippen molar-refractivity contribution < 1.29 is 4.79 Å². The molecule has 5 heteroatoms. The van der Waals surface area contributed by atoms with E-state index in [-0.39, 0.29) is 5.91 Å². The Bertz CT molecular complexity index is 982. The number of aryl methyl sites for hydroxylation is 1. The van der Waals surface area contributed by atoms with Crippen LogP contribution in [0.2, 0.25) is 0 Å². The van der Waals surface area contributed by atoms with Gasteiger partial charge in [-0.25, -0.2) is 4.98 Å². The molecule has 4 aromatic rings. The molecule has 0 unspecified atom stereocenters. The summed E-state index contributed by atoms with van der Waals surface area (Å²) in [5, 5.41) is 4.19. The number of pyridine rings is 1. The summed E-state index contributed by atoms with van der Waals surface area (Å²) >= 11 is 0. The van der Waals surface area contributed by atoms with Crippen molar-refractivity contribution in [1.82, 2.24) is 19.3 Å². The average Bonchev–Trinajstić information content (AvgIpc) is 3.23. The monoisotopic (exact) mass is 332 g/mol. The lowest BCUT2D eigenvalue weighted by atomic mass is 10.2. The first kappa shape index (κ1) is 15.4. The van der Waals surface area contributed by atoms with E-state index in [1.807, 2.05) is 53.3 Å². The fraction of sp³-hybridized carbons (Fsp3) is 0.200. The summed E-state index contributed by atoms with van der Waals surface area (Å²) in [6, 6.07) is 16.2.